The number of pyridine rings is 2. The molecule has 0 fully saturated rings. The van der Waals surface area contributed by atoms with Gasteiger partial charge in [-0.2, -0.15) is 0 Å². The third-order valence-corrected chi connectivity index (χ3v) is 6.39. The molecule has 0 unspecified atom stereocenters. The summed E-state index contributed by atoms with van der Waals surface area (Å²) in [5.41, 5.74) is 1.98. The monoisotopic (exact) mass is 460 g/mol. The molecule has 1 aromatic carbocycles. The van der Waals surface area contributed by atoms with Gasteiger partial charge in [0.1, 0.15) is 20.6 Å². The van der Waals surface area contributed by atoms with Crippen molar-refractivity contribution >= 4 is 43.9 Å². The topological polar surface area (TPSA) is 101 Å². The molecule has 10 heteroatoms. The Morgan fingerprint density at radius 2 is 2.03 bits per heavy atom. The predicted molar refractivity (Wildman–Crippen MR) is 121 cm³/mol. The van der Waals surface area contributed by atoms with Crippen molar-refractivity contribution < 1.29 is 13.2 Å². The summed E-state index contributed by atoms with van der Waals surface area (Å²) < 4.78 is 24.8. The van der Waals surface area contributed by atoms with Crippen LogP contribution in [-0.2, 0) is 22.9 Å². The summed E-state index contributed by atoms with van der Waals surface area (Å²) in [6, 6.07) is 10.5. The van der Waals surface area contributed by atoms with Gasteiger partial charge >= 0.3 is 0 Å². The van der Waals surface area contributed by atoms with Crippen LogP contribution in [0.4, 0.5) is 5.69 Å². The highest BCUT2D eigenvalue weighted by molar-refractivity contribution is 7.90. The second kappa shape index (κ2) is 8.32. The fourth-order valence-corrected chi connectivity index (χ4v) is 4.36. The number of anilines is 1. The van der Waals surface area contributed by atoms with Gasteiger partial charge in [0.05, 0.1) is 17.0 Å². The van der Waals surface area contributed by atoms with Crippen LogP contribution < -0.4 is 15.8 Å². The number of aromatic nitrogens is 2. The van der Waals surface area contributed by atoms with Crippen molar-refractivity contribution in [2.75, 3.05) is 30.0 Å². The number of hydrogen-bond donors (Lipinski definition) is 1. The standard InChI is InChI=1S/C21H21ClN4O4S/c1-31(29,30)10-9-25-7-8-26-19-15(3-2-4-17(19)25)11-16(21(26)28)20(27)24-13-14-5-6-18(22)23-12-14/h2-6,11-12H,7-10,13H2,1H3,(H,24,27). The summed E-state index contributed by atoms with van der Waals surface area (Å²) in [6.07, 6.45) is 2.78. The molecule has 1 aliphatic heterocycles. The molecule has 3 heterocycles. The summed E-state index contributed by atoms with van der Waals surface area (Å²) in [6.45, 7) is 1.44. The molecular formula is C21H21ClN4O4S. The van der Waals surface area contributed by atoms with Crippen LogP contribution in [0.3, 0.4) is 0 Å². The summed E-state index contributed by atoms with van der Waals surface area (Å²) >= 11 is 5.77. The summed E-state index contributed by atoms with van der Waals surface area (Å²) in [4.78, 5) is 31.8. The summed E-state index contributed by atoms with van der Waals surface area (Å²) in [7, 11) is -3.10. The Balaban J connectivity index is 1.64. The number of nitrogens with zero attached hydrogens (tertiary/aromatic N) is 3. The first-order valence-corrected chi connectivity index (χ1v) is 12.1. The quantitative estimate of drug-likeness (QED) is 0.563. The lowest BCUT2D eigenvalue weighted by molar-refractivity contribution is 0.0949. The van der Waals surface area contributed by atoms with E-state index >= 15 is 0 Å². The van der Waals surface area contributed by atoms with E-state index < -0.39 is 15.7 Å². The number of nitrogens with one attached hydrogen (secondary N) is 1. The maximum absolute atomic E-state index is 13.1. The molecule has 0 saturated heterocycles. The van der Waals surface area contributed by atoms with E-state index in [2.05, 4.69) is 10.3 Å². The molecule has 162 valence electrons. The number of hydrogen-bond acceptors (Lipinski definition) is 6. The molecule has 31 heavy (non-hydrogen) atoms. The van der Waals surface area contributed by atoms with Gasteiger partial charge in [0.15, 0.2) is 0 Å². The molecule has 0 radical (unpaired) electrons. The first kappa shape index (κ1) is 21.3. The van der Waals surface area contributed by atoms with Crippen molar-refractivity contribution in [1.29, 1.82) is 0 Å². The van der Waals surface area contributed by atoms with Gasteiger partial charge in [0.25, 0.3) is 11.5 Å². The van der Waals surface area contributed by atoms with Crippen LogP contribution in [0.5, 0.6) is 0 Å². The Bertz CT molecular complexity index is 1320. The third-order valence-electron chi connectivity index (χ3n) is 5.24. The SMILES string of the molecule is CS(=O)(=O)CCN1CCn2c(=O)c(C(=O)NCc3ccc(Cl)nc3)cc3cccc1c32. The van der Waals surface area contributed by atoms with Crippen LogP contribution in [0.2, 0.25) is 5.15 Å². The number of carbonyl (C=O) groups is 1. The van der Waals surface area contributed by atoms with Gasteiger partial charge in [-0.25, -0.2) is 13.4 Å². The Kier molecular flexibility index (Phi) is 5.72. The zero-order valence-electron chi connectivity index (χ0n) is 16.8. The predicted octanol–water partition coefficient (Wildman–Crippen LogP) is 1.84. The Morgan fingerprint density at radius 3 is 2.74 bits per heavy atom. The van der Waals surface area contributed by atoms with Crippen molar-refractivity contribution in [3.05, 3.63) is 69.2 Å². The second-order valence-corrected chi connectivity index (χ2v) is 10.2. The van der Waals surface area contributed by atoms with Crippen LogP contribution in [0.15, 0.2) is 47.4 Å². The molecule has 0 bridgehead atoms. The Hall–Kier alpha value is -2.91. The Labute approximate surface area is 184 Å². The lowest BCUT2D eigenvalue weighted by Gasteiger charge is -2.32. The van der Waals surface area contributed by atoms with Crippen LogP contribution in [0, 0.1) is 0 Å². The summed E-state index contributed by atoms with van der Waals surface area (Å²) in [5.74, 6) is -0.427. The number of rotatable bonds is 6. The molecule has 3 aromatic rings. The molecule has 1 N–H and O–H groups in total. The maximum Gasteiger partial charge on any atom is 0.264 e. The van der Waals surface area contributed by atoms with E-state index in [9.17, 15) is 18.0 Å². The van der Waals surface area contributed by atoms with Gasteiger partial charge in [-0.3, -0.25) is 9.59 Å². The van der Waals surface area contributed by atoms with Crippen molar-refractivity contribution in [3.8, 4) is 0 Å². The van der Waals surface area contributed by atoms with Crippen LogP contribution >= 0.6 is 11.6 Å². The van der Waals surface area contributed by atoms with Crippen LogP contribution in [-0.4, -0.2) is 49.0 Å². The zero-order chi connectivity index (χ0) is 22.2. The maximum atomic E-state index is 13.1. The van der Waals surface area contributed by atoms with E-state index in [1.54, 1.807) is 29.0 Å². The van der Waals surface area contributed by atoms with Gasteiger partial charge in [-0.05, 0) is 23.8 Å². The molecule has 0 atom stereocenters. The molecule has 1 aliphatic rings. The normalized spacial score (nSPS) is 13.4. The largest absolute Gasteiger partial charge is 0.367 e. The van der Waals surface area contributed by atoms with Crippen molar-refractivity contribution in [3.63, 3.8) is 0 Å². The first-order chi connectivity index (χ1) is 14.7. The molecule has 2 aromatic heterocycles. The number of benzene rings is 1. The van der Waals surface area contributed by atoms with E-state index in [1.165, 1.54) is 6.26 Å². The van der Waals surface area contributed by atoms with Gasteiger partial charge in [0.2, 0.25) is 0 Å². The minimum absolute atomic E-state index is 0.0354. The lowest BCUT2D eigenvalue weighted by Crippen LogP contribution is -2.41. The van der Waals surface area contributed by atoms with Crippen LogP contribution in [0.25, 0.3) is 10.9 Å². The Morgan fingerprint density at radius 1 is 1.23 bits per heavy atom. The number of amides is 1. The van der Waals surface area contributed by atoms with E-state index in [1.807, 2.05) is 23.1 Å². The first-order valence-electron chi connectivity index (χ1n) is 9.71. The average Bonchev–Trinajstić information content (AvgIpc) is 2.74. The zero-order valence-corrected chi connectivity index (χ0v) is 18.4. The molecule has 8 nitrogen and oxygen atoms in total. The molecular weight excluding hydrogens is 440 g/mol. The van der Waals surface area contributed by atoms with Crippen molar-refractivity contribution in [2.24, 2.45) is 0 Å². The number of sulfone groups is 1. The lowest BCUT2D eigenvalue weighted by atomic mass is 10.1. The number of carbonyl (C=O) groups excluding carboxylic acids is 1. The van der Waals surface area contributed by atoms with E-state index in [0.717, 1.165) is 16.6 Å². The van der Waals surface area contributed by atoms with Gasteiger partial charge in [0, 0.05) is 44.0 Å². The molecule has 1 amide bonds. The minimum Gasteiger partial charge on any atom is -0.367 e. The minimum atomic E-state index is -3.10. The second-order valence-electron chi connectivity index (χ2n) is 7.52. The van der Waals surface area contributed by atoms with Gasteiger partial charge in [-0.1, -0.05) is 29.8 Å². The summed E-state index contributed by atoms with van der Waals surface area (Å²) in [5, 5.41) is 3.87. The fraction of sp³-hybridized carbons (Fsp3) is 0.286. The fourth-order valence-electron chi connectivity index (χ4n) is 3.69. The highest BCUT2D eigenvalue weighted by Gasteiger charge is 2.23. The van der Waals surface area contributed by atoms with E-state index in [4.69, 9.17) is 11.6 Å². The number of halogens is 1. The van der Waals surface area contributed by atoms with Crippen molar-refractivity contribution in [1.82, 2.24) is 14.9 Å². The van der Waals surface area contributed by atoms with Crippen LogP contribution in [0.1, 0.15) is 15.9 Å². The molecule has 0 spiro atoms. The van der Waals surface area contributed by atoms with E-state index in [0.29, 0.717) is 30.3 Å². The molecule has 4 rings (SSSR count). The highest BCUT2D eigenvalue weighted by atomic mass is 35.5. The average molecular weight is 461 g/mol. The highest BCUT2D eigenvalue weighted by Crippen LogP contribution is 2.29. The van der Waals surface area contributed by atoms with Gasteiger partial charge in [-0.15, -0.1) is 0 Å². The van der Waals surface area contributed by atoms with E-state index in [-0.39, 0.29) is 23.4 Å². The molecule has 0 saturated carbocycles. The van der Waals surface area contributed by atoms with Crippen molar-refractivity contribution in [2.45, 2.75) is 13.1 Å². The smallest absolute Gasteiger partial charge is 0.264 e. The third kappa shape index (κ3) is 4.57. The molecule has 0 aliphatic carbocycles. The number of para-hydroxylation sites is 1. The van der Waals surface area contributed by atoms with Gasteiger partial charge < -0.3 is 14.8 Å².